The molecule has 0 saturated heterocycles. The van der Waals surface area contributed by atoms with Crippen molar-refractivity contribution >= 4 is 51.4 Å². The first-order chi connectivity index (χ1) is 9.81. The summed E-state index contributed by atoms with van der Waals surface area (Å²) in [7, 11) is 0. The Bertz CT molecular complexity index is 177. The number of aliphatic hydroxyl groups excluding tert-OH is 2. The van der Waals surface area contributed by atoms with E-state index in [0.29, 0.717) is 0 Å². The van der Waals surface area contributed by atoms with Crippen molar-refractivity contribution in [2.24, 2.45) is 0 Å². The van der Waals surface area contributed by atoms with Crippen LogP contribution in [-0.4, -0.2) is 74.3 Å². The maximum absolute atomic E-state index is 9.68. The third kappa shape index (κ3) is 21.6. The number of hydrogen-bond donors (Lipinski definition) is 2. The Kier molecular flexibility index (Phi) is 25.5. The minimum absolute atomic E-state index is 0. The zero-order valence-corrected chi connectivity index (χ0v) is 13.7. The predicted octanol–water partition coefficient (Wildman–Crippen LogP) is 4.38. The van der Waals surface area contributed by atoms with E-state index in [-0.39, 0.29) is 64.1 Å². The van der Waals surface area contributed by atoms with E-state index in [1.165, 1.54) is 64.2 Å². The van der Waals surface area contributed by atoms with Crippen molar-refractivity contribution in [1.82, 2.24) is 0 Å². The molecule has 1 radical (unpaired) electrons. The molecule has 2 nitrogen and oxygen atoms in total. The molecule has 0 aromatic heterocycles. The maximum atomic E-state index is 9.68. The van der Waals surface area contributed by atoms with Crippen LogP contribution in [0.15, 0.2) is 0 Å². The summed E-state index contributed by atoms with van der Waals surface area (Å²) in [6.07, 6.45) is 19.0. The van der Waals surface area contributed by atoms with Crippen LogP contribution in [0, 0.1) is 6.42 Å². The second kappa shape index (κ2) is 21.6. The zero-order valence-electron chi connectivity index (χ0n) is 13.7. The van der Waals surface area contributed by atoms with E-state index in [0.717, 1.165) is 25.7 Å². The molecule has 0 heterocycles. The van der Waals surface area contributed by atoms with E-state index in [1.807, 2.05) is 6.42 Å². The quantitative estimate of drug-likeness (QED) is 0.327. The molecule has 2 N–H and O–H groups in total. The van der Waals surface area contributed by atoms with Gasteiger partial charge in [-0.3, -0.25) is 0 Å². The molecule has 1 unspecified atom stereocenters. The van der Waals surface area contributed by atoms with Gasteiger partial charge in [-0.2, -0.15) is 0 Å². The molecular weight excluding hydrogens is 287 g/mol. The molecule has 3 heteroatoms. The SMILES string of the molecule is CCCCCCCCCCCCCC(O)[CH]CCCO.[KH]. The fourth-order valence-electron chi connectivity index (χ4n) is 2.54. The van der Waals surface area contributed by atoms with Crippen molar-refractivity contribution in [1.29, 1.82) is 0 Å². The molecule has 0 aliphatic carbocycles. The minimum atomic E-state index is -0.264. The second-order valence-electron chi connectivity index (χ2n) is 5.99. The van der Waals surface area contributed by atoms with Crippen LogP contribution >= 0.6 is 0 Å². The summed E-state index contributed by atoms with van der Waals surface area (Å²) in [6.45, 7) is 2.49. The molecular formula is C18H38KO2. The molecule has 1 atom stereocenters. The molecule has 0 aliphatic rings. The van der Waals surface area contributed by atoms with Crippen molar-refractivity contribution < 1.29 is 10.2 Å². The van der Waals surface area contributed by atoms with Crippen molar-refractivity contribution in [2.45, 2.75) is 103 Å². The van der Waals surface area contributed by atoms with Gasteiger partial charge >= 0.3 is 51.4 Å². The monoisotopic (exact) mass is 325 g/mol. The molecule has 0 rings (SSSR count). The summed E-state index contributed by atoms with van der Waals surface area (Å²) >= 11 is 0. The van der Waals surface area contributed by atoms with Crippen molar-refractivity contribution in [3.8, 4) is 0 Å². The second-order valence-corrected chi connectivity index (χ2v) is 5.99. The molecule has 0 amide bonds. The Morgan fingerprint density at radius 1 is 0.762 bits per heavy atom. The fraction of sp³-hybridized carbons (Fsp3) is 0.944. The molecule has 0 saturated carbocycles. The predicted molar refractivity (Wildman–Crippen MR) is 94.9 cm³/mol. The van der Waals surface area contributed by atoms with Crippen LogP contribution in [0.25, 0.3) is 0 Å². The van der Waals surface area contributed by atoms with Crippen LogP contribution in [0.1, 0.15) is 96.8 Å². The number of rotatable bonds is 16. The summed E-state index contributed by atoms with van der Waals surface area (Å²) in [5.41, 5.74) is 0. The van der Waals surface area contributed by atoms with Gasteiger partial charge in [-0.1, -0.05) is 77.6 Å². The van der Waals surface area contributed by atoms with Crippen LogP contribution < -0.4 is 0 Å². The van der Waals surface area contributed by atoms with Crippen molar-refractivity contribution in [2.75, 3.05) is 6.61 Å². The van der Waals surface area contributed by atoms with Gasteiger partial charge in [0.15, 0.2) is 0 Å². The third-order valence-electron chi connectivity index (χ3n) is 3.90. The molecule has 0 fully saturated rings. The topological polar surface area (TPSA) is 40.5 Å². The van der Waals surface area contributed by atoms with Gasteiger partial charge in [-0.05, 0) is 25.7 Å². The summed E-state index contributed by atoms with van der Waals surface area (Å²) in [5.74, 6) is 0. The first kappa shape index (κ1) is 24.8. The van der Waals surface area contributed by atoms with Gasteiger partial charge in [-0.15, -0.1) is 0 Å². The Hall–Kier alpha value is 1.56. The first-order valence-electron chi connectivity index (χ1n) is 8.93. The van der Waals surface area contributed by atoms with Gasteiger partial charge in [0.1, 0.15) is 0 Å². The molecule has 0 aliphatic heterocycles. The van der Waals surface area contributed by atoms with Gasteiger partial charge in [-0.25, -0.2) is 0 Å². The molecule has 0 aromatic carbocycles. The average molecular weight is 326 g/mol. The first-order valence-corrected chi connectivity index (χ1v) is 8.93. The van der Waals surface area contributed by atoms with Crippen LogP contribution in [0.2, 0.25) is 0 Å². The van der Waals surface area contributed by atoms with Gasteiger partial charge < -0.3 is 10.2 Å². The van der Waals surface area contributed by atoms with Crippen LogP contribution in [0.5, 0.6) is 0 Å². The van der Waals surface area contributed by atoms with E-state index in [4.69, 9.17) is 5.11 Å². The number of unbranched alkanes of at least 4 members (excludes halogenated alkanes) is 11. The van der Waals surface area contributed by atoms with E-state index >= 15 is 0 Å². The molecule has 21 heavy (non-hydrogen) atoms. The fourth-order valence-corrected chi connectivity index (χ4v) is 2.54. The zero-order chi connectivity index (χ0) is 14.9. The normalized spacial score (nSPS) is 12.1. The van der Waals surface area contributed by atoms with E-state index in [2.05, 4.69) is 6.92 Å². The van der Waals surface area contributed by atoms with E-state index < -0.39 is 0 Å². The van der Waals surface area contributed by atoms with Crippen molar-refractivity contribution in [3.05, 3.63) is 6.42 Å². The number of aliphatic hydroxyl groups is 2. The van der Waals surface area contributed by atoms with E-state index in [9.17, 15) is 5.11 Å². The van der Waals surface area contributed by atoms with Gasteiger partial charge in [0.25, 0.3) is 0 Å². The van der Waals surface area contributed by atoms with Crippen LogP contribution in [0.4, 0.5) is 0 Å². The summed E-state index contributed by atoms with van der Waals surface area (Å²) in [6, 6.07) is 0. The number of hydrogen-bond acceptors (Lipinski definition) is 2. The molecule has 0 aromatic rings. The molecule has 123 valence electrons. The Labute approximate surface area is 175 Å². The Balaban J connectivity index is 0. The van der Waals surface area contributed by atoms with Crippen LogP contribution in [0.3, 0.4) is 0 Å². The molecule has 0 bridgehead atoms. The summed E-state index contributed by atoms with van der Waals surface area (Å²) in [5, 5.41) is 18.3. The summed E-state index contributed by atoms with van der Waals surface area (Å²) in [4.78, 5) is 0. The van der Waals surface area contributed by atoms with Crippen LogP contribution in [-0.2, 0) is 0 Å². The third-order valence-corrected chi connectivity index (χ3v) is 3.90. The van der Waals surface area contributed by atoms with Gasteiger partial charge in [0, 0.05) is 6.61 Å². The Morgan fingerprint density at radius 3 is 1.71 bits per heavy atom. The van der Waals surface area contributed by atoms with E-state index in [1.54, 1.807) is 0 Å². The van der Waals surface area contributed by atoms with Gasteiger partial charge in [0.2, 0.25) is 0 Å². The van der Waals surface area contributed by atoms with Crippen molar-refractivity contribution in [3.63, 3.8) is 0 Å². The standard InChI is InChI=1S/C18H37O2.K.H/c1-2-3-4-5-6-7-8-9-10-11-12-15-18(20)16-13-14-17-19;;/h16,18-20H,2-15,17H2,1H3;;. The molecule has 0 spiro atoms. The Morgan fingerprint density at radius 2 is 1.24 bits per heavy atom. The van der Waals surface area contributed by atoms with Gasteiger partial charge in [0.05, 0.1) is 6.10 Å². The summed E-state index contributed by atoms with van der Waals surface area (Å²) < 4.78 is 0. The average Bonchev–Trinajstić information content (AvgIpc) is 2.45.